The second kappa shape index (κ2) is 7.96. The van der Waals surface area contributed by atoms with Gasteiger partial charge in [-0.1, -0.05) is 23.7 Å². The summed E-state index contributed by atoms with van der Waals surface area (Å²) in [7, 11) is 0. The zero-order valence-electron chi connectivity index (χ0n) is 15.8. The van der Waals surface area contributed by atoms with Crippen molar-refractivity contribution in [2.24, 2.45) is 0 Å². The monoisotopic (exact) mass is 425 g/mol. The largest absolute Gasteiger partial charge is 0.463 e. The number of halogens is 1. The van der Waals surface area contributed by atoms with E-state index in [0.717, 1.165) is 5.56 Å². The average molecular weight is 426 g/mol. The number of nitrogens with one attached hydrogen (secondary N) is 1. The molecule has 4 rings (SSSR count). The van der Waals surface area contributed by atoms with Crippen LogP contribution < -0.4 is 5.32 Å². The van der Waals surface area contributed by atoms with Gasteiger partial charge in [-0.2, -0.15) is 10.1 Å². The molecule has 0 amide bonds. The number of non-ortho nitro benzene ring substituents is 1. The third kappa shape index (κ3) is 3.50. The van der Waals surface area contributed by atoms with E-state index < -0.39 is 16.9 Å². The third-order valence-corrected chi connectivity index (χ3v) is 4.90. The number of esters is 1. The van der Waals surface area contributed by atoms with Crippen LogP contribution in [-0.4, -0.2) is 32.3 Å². The predicted octanol–water partition coefficient (Wildman–Crippen LogP) is 3.83. The molecule has 1 aliphatic rings. The van der Waals surface area contributed by atoms with Gasteiger partial charge >= 0.3 is 5.97 Å². The number of carbonyl (C=O) groups is 1. The van der Waals surface area contributed by atoms with Crippen LogP contribution in [0.15, 0.2) is 60.4 Å². The number of hydrogen-bond acceptors (Lipinski definition) is 7. The van der Waals surface area contributed by atoms with Gasteiger partial charge in [0.15, 0.2) is 0 Å². The van der Waals surface area contributed by atoms with Crippen LogP contribution in [0.4, 0.5) is 11.6 Å². The summed E-state index contributed by atoms with van der Waals surface area (Å²) in [4.78, 5) is 27.8. The first-order valence-corrected chi connectivity index (χ1v) is 9.45. The van der Waals surface area contributed by atoms with Crippen LogP contribution in [0, 0.1) is 10.1 Å². The molecule has 0 aliphatic carbocycles. The molecule has 1 aliphatic heterocycles. The molecule has 2 aromatic carbocycles. The minimum Gasteiger partial charge on any atom is -0.463 e. The smallest absolute Gasteiger partial charge is 0.338 e. The predicted molar refractivity (Wildman–Crippen MR) is 110 cm³/mol. The highest BCUT2D eigenvalue weighted by molar-refractivity contribution is 6.30. The molecular formula is C20H16ClN5O4. The Hall–Kier alpha value is -3.72. The van der Waals surface area contributed by atoms with Crippen LogP contribution in [0.3, 0.4) is 0 Å². The van der Waals surface area contributed by atoms with E-state index in [1.54, 1.807) is 48.0 Å². The highest BCUT2D eigenvalue weighted by Crippen LogP contribution is 2.39. The molecule has 0 spiro atoms. The first-order chi connectivity index (χ1) is 14.5. The van der Waals surface area contributed by atoms with E-state index in [1.165, 1.54) is 18.5 Å². The summed E-state index contributed by atoms with van der Waals surface area (Å²) in [5, 5.41) is 19.0. The maximum atomic E-state index is 13.0. The highest BCUT2D eigenvalue weighted by atomic mass is 35.5. The molecule has 0 saturated heterocycles. The summed E-state index contributed by atoms with van der Waals surface area (Å²) >= 11 is 6.04. The molecule has 0 saturated carbocycles. The molecule has 0 fully saturated rings. The summed E-state index contributed by atoms with van der Waals surface area (Å²) in [5.74, 6) is -0.101. The molecule has 0 radical (unpaired) electrons. The standard InChI is InChI=1S/C20H16ClN5O4/c1-2-30-19(27)16-17(12-5-9-15(10-6-12)26(28)29)24-20-22-11-23-25(20)18(16)13-3-7-14(21)8-4-13/h3-11,18H,2H2,1H3,(H,22,23,24). The number of benzene rings is 2. The number of fused-ring (bicyclic) bond motifs is 1. The van der Waals surface area contributed by atoms with Gasteiger partial charge in [0.25, 0.3) is 5.69 Å². The van der Waals surface area contributed by atoms with E-state index in [2.05, 4.69) is 15.4 Å². The van der Waals surface area contributed by atoms with Crippen molar-refractivity contribution in [3.05, 3.63) is 86.7 Å². The van der Waals surface area contributed by atoms with Crippen LogP contribution in [-0.2, 0) is 9.53 Å². The van der Waals surface area contributed by atoms with Crippen molar-refractivity contribution in [3.8, 4) is 0 Å². The third-order valence-electron chi connectivity index (χ3n) is 4.65. The number of rotatable bonds is 5. The Kier molecular flexibility index (Phi) is 5.20. The molecule has 10 heteroatoms. The summed E-state index contributed by atoms with van der Waals surface area (Å²) < 4.78 is 6.92. The number of anilines is 1. The SMILES string of the molecule is CCOC(=O)C1=C(c2ccc([N+](=O)[O-])cc2)Nc2ncnn2C1c1ccc(Cl)cc1. The highest BCUT2D eigenvalue weighted by Gasteiger charge is 2.36. The van der Waals surface area contributed by atoms with E-state index >= 15 is 0 Å². The van der Waals surface area contributed by atoms with Gasteiger partial charge in [-0.25, -0.2) is 9.48 Å². The average Bonchev–Trinajstić information content (AvgIpc) is 3.22. The summed E-state index contributed by atoms with van der Waals surface area (Å²) in [6.45, 7) is 1.91. The molecule has 30 heavy (non-hydrogen) atoms. The lowest BCUT2D eigenvalue weighted by Crippen LogP contribution is -2.30. The Morgan fingerprint density at radius 3 is 2.57 bits per heavy atom. The number of aromatic nitrogens is 3. The van der Waals surface area contributed by atoms with Gasteiger partial charge in [0.2, 0.25) is 5.95 Å². The number of nitro groups is 1. The number of nitro benzene ring substituents is 1. The first-order valence-electron chi connectivity index (χ1n) is 9.07. The Morgan fingerprint density at radius 1 is 1.23 bits per heavy atom. The van der Waals surface area contributed by atoms with Gasteiger partial charge in [0, 0.05) is 17.2 Å². The molecule has 1 aromatic heterocycles. The minimum atomic E-state index is -0.620. The Bertz CT molecular complexity index is 1140. The lowest BCUT2D eigenvalue weighted by atomic mass is 9.93. The maximum absolute atomic E-state index is 13.0. The van der Waals surface area contributed by atoms with Crippen molar-refractivity contribution in [3.63, 3.8) is 0 Å². The van der Waals surface area contributed by atoms with Gasteiger partial charge in [-0.15, -0.1) is 0 Å². The van der Waals surface area contributed by atoms with E-state index in [-0.39, 0.29) is 12.3 Å². The summed E-state index contributed by atoms with van der Waals surface area (Å²) in [6.07, 6.45) is 1.38. The fourth-order valence-corrected chi connectivity index (χ4v) is 3.45. The van der Waals surface area contributed by atoms with Gasteiger partial charge in [0.1, 0.15) is 12.4 Å². The second-order valence-electron chi connectivity index (χ2n) is 6.42. The van der Waals surface area contributed by atoms with Crippen LogP contribution in [0.2, 0.25) is 5.02 Å². The zero-order valence-corrected chi connectivity index (χ0v) is 16.5. The molecular weight excluding hydrogens is 410 g/mol. The topological polar surface area (TPSA) is 112 Å². The Morgan fingerprint density at radius 2 is 1.93 bits per heavy atom. The number of carbonyl (C=O) groups excluding carboxylic acids is 1. The summed E-state index contributed by atoms with van der Waals surface area (Å²) in [5.41, 5.74) is 2.05. The van der Waals surface area contributed by atoms with Crippen LogP contribution in [0.5, 0.6) is 0 Å². The van der Waals surface area contributed by atoms with Gasteiger partial charge in [0.05, 0.1) is 22.8 Å². The van der Waals surface area contributed by atoms with Gasteiger partial charge in [-0.3, -0.25) is 10.1 Å². The Labute approximate surface area is 176 Å². The van der Waals surface area contributed by atoms with Crippen LogP contribution in [0.1, 0.15) is 24.1 Å². The maximum Gasteiger partial charge on any atom is 0.338 e. The molecule has 0 bridgehead atoms. The van der Waals surface area contributed by atoms with Crippen molar-refractivity contribution >= 4 is 34.9 Å². The van der Waals surface area contributed by atoms with E-state index in [0.29, 0.717) is 27.8 Å². The van der Waals surface area contributed by atoms with E-state index in [9.17, 15) is 14.9 Å². The minimum absolute atomic E-state index is 0.0507. The molecule has 3 aromatic rings. The molecule has 2 heterocycles. The van der Waals surface area contributed by atoms with Crippen molar-refractivity contribution in [2.75, 3.05) is 11.9 Å². The molecule has 1 unspecified atom stereocenters. The molecule has 152 valence electrons. The fraction of sp³-hybridized carbons (Fsp3) is 0.150. The second-order valence-corrected chi connectivity index (χ2v) is 6.86. The van der Waals surface area contributed by atoms with E-state index in [1.807, 2.05) is 0 Å². The van der Waals surface area contributed by atoms with Crippen molar-refractivity contribution in [1.82, 2.24) is 14.8 Å². The normalized spacial score (nSPS) is 15.3. The number of hydrogen-bond donors (Lipinski definition) is 1. The Balaban J connectivity index is 1.92. The van der Waals surface area contributed by atoms with Crippen molar-refractivity contribution in [2.45, 2.75) is 13.0 Å². The lowest BCUT2D eigenvalue weighted by molar-refractivity contribution is -0.384. The molecule has 1 atom stereocenters. The number of nitrogens with zero attached hydrogens (tertiary/aromatic N) is 4. The quantitative estimate of drug-likeness (QED) is 0.375. The van der Waals surface area contributed by atoms with Crippen molar-refractivity contribution in [1.29, 1.82) is 0 Å². The first kappa shape index (κ1) is 19.6. The molecule has 9 nitrogen and oxygen atoms in total. The van der Waals surface area contributed by atoms with Gasteiger partial charge in [-0.05, 0) is 42.3 Å². The van der Waals surface area contributed by atoms with Crippen LogP contribution in [0.25, 0.3) is 5.70 Å². The zero-order chi connectivity index (χ0) is 21.3. The summed E-state index contributed by atoms with van der Waals surface area (Å²) in [6, 6.07) is 12.3. The number of ether oxygens (including phenoxy) is 1. The fourth-order valence-electron chi connectivity index (χ4n) is 3.32. The molecule has 1 N–H and O–H groups in total. The van der Waals surface area contributed by atoms with E-state index in [4.69, 9.17) is 16.3 Å². The lowest BCUT2D eigenvalue weighted by Gasteiger charge is -2.29. The van der Waals surface area contributed by atoms with Crippen LogP contribution >= 0.6 is 11.6 Å². The van der Waals surface area contributed by atoms with Gasteiger partial charge < -0.3 is 10.1 Å². The van der Waals surface area contributed by atoms with Crippen molar-refractivity contribution < 1.29 is 14.5 Å².